The molecule has 0 aliphatic rings. The van der Waals surface area contributed by atoms with Crippen molar-refractivity contribution in [3.8, 4) is 0 Å². The SMILES string of the molecule is NS(=O)(=O)c1ccc(CCNC(=O)Cc2csc(NC(=O)Nc3cccc(Cl)c3)n2)cc1. The first kappa shape index (κ1) is 23.7. The van der Waals surface area contributed by atoms with Crippen LogP contribution in [0.3, 0.4) is 0 Å². The van der Waals surface area contributed by atoms with E-state index in [0.29, 0.717) is 34.5 Å². The lowest BCUT2D eigenvalue weighted by Gasteiger charge is -2.06. The van der Waals surface area contributed by atoms with E-state index < -0.39 is 16.1 Å². The molecule has 1 heterocycles. The molecule has 3 aromatic rings. The van der Waals surface area contributed by atoms with Gasteiger partial charge in [-0.05, 0) is 42.3 Å². The smallest absolute Gasteiger partial charge is 0.325 e. The molecule has 2 aromatic carbocycles. The van der Waals surface area contributed by atoms with Crippen molar-refractivity contribution in [1.82, 2.24) is 10.3 Å². The first-order valence-electron chi connectivity index (χ1n) is 9.35. The molecular weight excluding hydrogens is 474 g/mol. The average molecular weight is 494 g/mol. The van der Waals surface area contributed by atoms with Gasteiger partial charge in [-0.3, -0.25) is 10.1 Å². The molecule has 0 atom stereocenters. The van der Waals surface area contributed by atoms with Gasteiger partial charge in [0.15, 0.2) is 5.13 Å². The Bertz CT molecular complexity index is 1210. The molecule has 0 unspecified atom stereocenters. The van der Waals surface area contributed by atoms with Crippen molar-refractivity contribution in [2.75, 3.05) is 17.2 Å². The van der Waals surface area contributed by atoms with Gasteiger partial charge >= 0.3 is 6.03 Å². The highest BCUT2D eigenvalue weighted by Gasteiger charge is 2.11. The summed E-state index contributed by atoms with van der Waals surface area (Å²) in [4.78, 5) is 28.5. The van der Waals surface area contributed by atoms with E-state index in [9.17, 15) is 18.0 Å². The monoisotopic (exact) mass is 493 g/mol. The zero-order valence-electron chi connectivity index (χ0n) is 16.7. The standard InChI is InChI=1S/C20H20ClN5O4S2/c21-14-2-1-3-15(10-14)24-19(28)26-20-25-16(12-31-20)11-18(27)23-9-8-13-4-6-17(7-5-13)32(22,29)30/h1-7,10,12H,8-9,11H2,(H,23,27)(H2,22,29,30)(H2,24,25,26,28). The van der Waals surface area contributed by atoms with Gasteiger partial charge in [-0.15, -0.1) is 11.3 Å². The molecule has 3 amide bonds. The van der Waals surface area contributed by atoms with Crippen molar-refractivity contribution in [3.05, 3.63) is 70.2 Å². The van der Waals surface area contributed by atoms with E-state index >= 15 is 0 Å². The van der Waals surface area contributed by atoms with Crippen LogP contribution >= 0.6 is 22.9 Å². The molecule has 0 spiro atoms. The number of amides is 3. The van der Waals surface area contributed by atoms with E-state index in [1.807, 2.05) is 0 Å². The Labute approximate surface area is 194 Å². The van der Waals surface area contributed by atoms with Crippen LogP contribution in [0.25, 0.3) is 0 Å². The number of primary sulfonamides is 1. The Morgan fingerprint density at radius 3 is 2.53 bits per heavy atom. The summed E-state index contributed by atoms with van der Waals surface area (Å²) in [7, 11) is -3.72. The van der Waals surface area contributed by atoms with Crippen LogP contribution in [0.5, 0.6) is 0 Å². The van der Waals surface area contributed by atoms with Crippen molar-refractivity contribution >= 4 is 55.7 Å². The zero-order valence-corrected chi connectivity index (χ0v) is 19.1. The number of nitrogens with two attached hydrogens (primary N) is 1. The molecule has 1 aromatic heterocycles. The second kappa shape index (κ2) is 10.6. The lowest BCUT2D eigenvalue weighted by atomic mass is 10.1. The van der Waals surface area contributed by atoms with Crippen molar-refractivity contribution in [3.63, 3.8) is 0 Å². The second-order valence-electron chi connectivity index (χ2n) is 6.70. The first-order valence-corrected chi connectivity index (χ1v) is 12.2. The van der Waals surface area contributed by atoms with E-state index in [2.05, 4.69) is 20.9 Å². The highest BCUT2D eigenvalue weighted by atomic mass is 35.5. The molecular formula is C20H20ClN5O4S2. The molecule has 12 heteroatoms. The zero-order chi connectivity index (χ0) is 23.1. The Morgan fingerprint density at radius 1 is 1.09 bits per heavy atom. The number of thiazole rings is 1. The third-order valence-corrected chi connectivity index (χ3v) is 6.15. The second-order valence-corrected chi connectivity index (χ2v) is 9.56. The van der Waals surface area contributed by atoms with E-state index in [-0.39, 0.29) is 17.2 Å². The third-order valence-electron chi connectivity index (χ3n) is 4.18. The number of hydrogen-bond donors (Lipinski definition) is 4. The van der Waals surface area contributed by atoms with E-state index in [0.717, 1.165) is 5.56 Å². The minimum atomic E-state index is -3.72. The van der Waals surface area contributed by atoms with Crippen molar-refractivity contribution in [1.29, 1.82) is 0 Å². The number of carbonyl (C=O) groups is 2. The summed E-state index contributed by atoms with van der Waals surface area (Å²) in [6, 6.07) is 12.4. The van der Waals surface area contributed by atoms with Crippen LogP contribution in [-0.4, -0.2) is 31.9 Å². The fourth-order valence-corrected chi connectivity index (χ4v) is 4.10. The number of rotatable bonds is 8. The number of benzene rings is 2. The summed E-state index contributed by atoms with van der Waals surface area (Å²) >= 11 is 7.10. The van der Waals surface area contributed by atoms with Crippen LogP contribution in [0.2, 0.25) is 5.02 Å². The minimum absolute atomic E-state index is 0.0412. The summed E-state index contributed by atoms with van der Waals surface area (Å²) in [6.45, 7) is 0.380. The topological polar surface area (TPSA) is 143 Å². The predicted molar refractivity (Wildman–Crippen MR) is 124 cm³/mol. The number of carbonyl (C=O) groups excluding carboxylic acids is 2. The van der Waals surface area contributed by atoms with Crippen molar-refractivity contribution in [2.45, 2.75) is 17.7 Å². The van der Waals surface area contributed by atoms with Crippen LogP contribution in [0.4, 0.5) is 15.6 Å². The molecule has 0 fully saturated rings. The average Bonchev–Trinajstić information content (AvgIpc) is 3.14. The maximum atomic E-state index is 12.1. The van der Waals surface area contributed by atoms with E-state index in [1.54, 1.807) is 41.8 Å². The highest BCUT2D eigenvalue weighted by Crippen LogP contribution is 2.18. The van der Waals surface area contributed by atoms with E-state index in [4.69, 9.17) is 16.7 Å². The molecule has 0 saturated heterocycles. The molecule has 0 radical (unpaired) electrons. The normalized spacial score (nSPS) is 11.1. The van der Waals surface area contributed by atoms with Gasteiger partial charge in [-0.1, -0.05) is 29.8 Å². The van der Waals surface area contributed by atoms with Crippen molar-refractivity contribution < 1.29 is 18.0 Å². The van der Waals surface area contributed by atoms with Crippen molar-refractivity contribution in [2.24, 2.45) is 5.14 Å². The number of anilines is 2. The molecule has 9 nitrogen and oxygen atoms in total. The third kappa shape index (κ3) is 7.31. The molecule has 0 saturated carbocycles. The summed E-state index contributed by atoms with van der Waals surface area (Å²) in [5.74, 6) is -0.216. The first-order chi connectivity index (χ1) is 15.2. The Balaban J connectivity index is 1.42. The molecule has 32 heavy (non-hydrogen) atoms. The quantitative estimate of drug-likeness (QED) is 0.381. The molecule has 0 aliphatic heterocycles. The Hall–Kier alpha value is -2.99. The van der Waals surface area contributed by atoms with Gasteiger partial charge in [0.25, 0.3) is 0 Å². The minimum Gasteiger partial charge on any atom is -0.355 e. The van der Waals surface area contributed by atoms with Gasteiger partial charge in [0.05, 0.1) is 17.0 Å². The maximum Gasteiger partial charge on any atom is 0.325 e. The number of hydrogen-bond acceptors (Lipinski definition) is 6. The van der Waals surface area contributed by atoms with Crippen LogP contribution < -0.4 is 21.1 Å². The van der Waals surface area contributed by atoms with Gasteiger partial charge in [0.2, 0.25) is 15.9 Å². The lowest BCUT2D eigenvalue weighted by Crippen LogP contribution is -2.27. The number of halogens is 1. The number of sulfonamides is 1. The molecule has 0 bridgehead atoms. The Morgan fingerprint density at radius 2 is 1.84 bits per heavy atom. The van der Waals surface area contributed by atoms with Gasteiger partial charge in [0, 0.05) is 22.6 Å². The number of nitrogens with one attached hydrogen (secondary N) is 3. The summed E-state index contributed by atoms with van der Waals surface area (Å²) in [6.07, 6.45) is 0.600. The number of nitrogens with zero attached hydrogens (tertiary/aromatic N) is 1. The van der Waals surface area contributed by atoms with Crippen LogP contribution in [0, 0.1) is 0 Å². The summed E-state index contributed by atoms with van der Waals surface area (Å²) < 4.78 is 22.5. The van der Waals surface area contributed by atoms with Crippen LogP contribution in [-0.2, 0) is 27.7 Å². The fourth-order valence-electron chi connectivity index (χ4n) is 2.69. The van der Waals surface area contributed by atoms with Gasteiger partial charge in [0.1, 0.15) is 0 Å². The number of urea groups is 1. The van der Waals surface area contributed by atoms with Gasteiger partial charge < -0.3 is 10.6 Å². The molecule has 168 valence electrons. The molecule has 0 aliphatic carbocycles. The molecule has 3 rings (SSSR count). The van der Waals surface area contributed by atoms with E-state index in [1.165, 1.54) is 23.5 Å². The fraction of sp³-hybridized carbons (Fsp3) is 0.150. The summed E-state index contributed by atoms with van der Waals surface area (Å²) in [5, 5.41) is 15.7. The largest absolute Gasteiger partial charge is 0.355 e. The predicted octanol–water partition coefficient (Wildman–Crippen LogP) is 2.99. The molecule has 5 N–H and O–H groups in total. The van der Waals surface area contributed by atoms with Gasteiger partial charge in [-0.25, -0.2) is 23.3 Å². The lowest BCUT2D eigenvalue weighted by molar-refractivity contribution is -0.120. The Kier molecular flexibility index (Phi) is 7.80. The van der Waals surface area contributed by atoms with Gasteiger partial charge in [-0.2, -0.15) is 0 Å². The number of aromatic nitrogens is 1. The van der Waals surface area contributed by atoms with Crippen LogP contribution in [0.15, 0.2) is 58.8 Å². The summed E-state index contributed by atoms with van der Waals surface area (Å²) in [5.41, 5.74) is 1.94. The van der Waals surface area contributed by atoms with Crippen LogP contribution in [0.1, 0.15) is 11.3 Å². The maximum absolute atomic E-state index is 12.1. The highest BCUT2D eigenvalue weighted by molar-refractivity contribution is 7.89.